The molecule has 2 aromatic carbocycles. The standard InChI is InChI=1S/C20H18N2O2S/c1-12(13-7-3-2-4-8-13)18-15(11-17-19(23)22-20(24)25-17)14-9-5-6-10-16(14)21-18/h2-10,12,17,21H,11H2,1H3,(H,22,23,24). The first kappa shape index (κ1) is 16.0. The maximum atomic E-state index is 12.0. The molecule has 0 aliphatic carbocycles. The van der Waals surface area contributed by atoms with Crippen LogP contribution in [0.3, 0.4) is 0 Å². The van der Waals surface area contributed by atoms with Crippen molar-refractivity contribution in [2.45, 2.75) is 24.5 Å². The van der Waals surface area contributed by atoms with Gasteiger partial charge in [0.1, 0.15) is 0 Å². The molecule has 0 bridgehead atoms. The summed E-state index contributed by atoms with van der Waals surface area (Å²) >= 11 is 1.08. The molecule has 2 N–H and O–H groups in total. The van der Waals surface area contributed by atoms with E-state index in [9.17, 15) is 9.59 Å². The van der Waals surface area contributed by atoms with Crippen LogP contribution in [0.5, 0.6) is 0 Å². The molecule has 1 aliphatic rings. The topological polar surface area (TPSA) is 62.0 Å². The summed E-state index contributed by atoms with van der Waals surface area (Å²) in [6, 6.07) is 18.4. The molecule has 1 fully saturated rings. The van der Waals surface area contributed by atoms with Crippen LogP contribution in [0.4, 0.5) is 4.79 Å². The Morgan fingerprint density at radius 1 is 1.04 bits per heavy atom. The molecule has 0 saturated carbocycles. The molecule has 2 heterocycles. The van der Waals surface area contributed by atoms with Crippen molar-refractivity contribution in [2.75, 3.05) is 0 Å². The first-order valence-electron chi connectivity index (χ1n) is 8.29. The van der Waals surface area contributed by atoms with Gasteiger partial charge in [-0.15, -0.1) is 0 Å². The lowest BCUT2D eigenvalue weighted by molar-refractivity contribution is -0.118. The fourth-order valence-electron chi connectivity index (χ4n) is 3.43. The van der Waals surface area contributed by atoms with Gasteiger partial charge in [0.15, 0.2) is 0 Å². The number of carbonyl (C=O) groups is 2. The van der Waals surface area contributed by atoms with E-state index >= 15 is 0 Å². The van der Waals surface area contributed by atoms with Gasteiger partial charge in [0, 0.05) is 22.5 Å². The summed E-state index contributed by atoms with van der Waals surface area (Å²) in [6.07, 6.45) is 0.540. The predicted molar refractivity (Wildman–Crippen MR) is 101 cm³/mol. The lowest BCUT2D eigenvalue weighted by atomic mass is 9.92. The number of carbonyl (C=O) groups excluding carboxylic acids is 2. The van der Waals surface area contributed by atoms with E-state index in [0.717, 1.165) is 33.9 Å². The molecule has 2 unspecified atom stereocenters. The molecule has 2 atom stereocenters. The van der Waals surface area contributed by atoms with Gasteiger partial charge in [-0.05, 0) is 23.6 Å². The molecule has 1 saturated heterocycles. The third kappa shape index (κ3) is 2.96. The van der Waals surface area contributed by atoms with E-state index in [0.29, 0.717) is 6.42 Å². The van der Waals surface area contributed by atoms with E-state index in [1.54, 1.807) is 0 Å². The smallest absolute Gasteiger partial charge is 0.286 e. The van der Waals surface area contributed by atoms with Gasteiger partial charge in [-0.2, -0.15) is 0 Å². The highest BCUT2D eigenvalue weighted by molar-refractivity contribution is 8.15. The van der Waals surface area contributed by atoms with Crippen molar-refractivity contribution in [3.05, 3.63) is 71.4 Å². The van der Waals surface area contributed by atoms with Crippen LogP contribution in [-0.4, -0.2) is 21.4 Å². The SMILES string of the molecule is CC(c1ccccc1)c1[nH]c2ccccc2c1CC1SC(=O)NC1=O. The summed E-state index contributed by atoms with van der Waals surface area (Å²) in [7, 11) is 0. The molecule has 1 aromatic heterocycles. The number of aromatic nitrogens is 1. The van der Waals surface area contributed by atoms with Crippen molar-refractivity contribution in [1.82, 2.24) is 10.3 Å². The predicted octanol–water partition coefficient (Wildman–Crippen LogP) is 4.21. The Bertz CT molecular complexity index is 949. The minimum Gasteiger partial charge on any atom is -0.358 e. The van der Waals surface area contributed by atoms with E-state index in [1.807, 2.05) is 36.4 Å². The minimum atomic E-state index is -0.367. The Morgan fingerprint density at radius 3 is 2.48 bits per heavy atom. The van der Waals surface area contributed by atoms with Crippen molar-refractivity contribution in [3.8, 4) is 0 Å². The Kier molecular flexibility index (Phi) is 4.09. The Labute approximate surface area is 150 Å². The zero-order chi connectivity index (χ0) is 17.4. The molecule has 25 heavy (non-hydrogen) atoms. The number of para-hydroxylation sites is 1. The van der Waals surface area contributed by atoms with Gasteiger partial charge in [0.05, 0.1) is 5.25 Å². The van der Waals surface area contributed by atoms with Crippen LogP contribution >= 0.6 is 11.8 Å². The number of H-pyrrole nitrogens is 1. The zero-order valence-electron chi connectivity index (χ0n) is 13.8. The maximum Gasteiger partial charge on any atom is 0.286 e. The van der Waals surface area contributed by atoms with Crippen LogP contribution in [0.1, 0.15) is 29.7 Å². The molecule has 4 nitrogen and oxygen atoms in total. The molecule has 126 valence electrons. The molecule has 2 amide bonds. The highest BCUT2D eigenvalue weighted by Gasteiger charge is 2.33. The van der Waals surface area contributed by atoms with Gasteiger partial charge in [-0.3, -0.25) is 14.9 Å². The second-order valence-electron chi connectivity index (χ2n) is 6.28. The molecule has 0 spiro atoms. The molecular weight excluding hydrogens is 332 g/mol. The largest absolute Gasteiger partial charge is 0.358 e. The number of imide groups is 1. The van der Waals surface area contributed by atoms with Crippen molar-refractivity contribution in [1.29, 1.82) is 0 Å². The van der Waals surface area contributed by atoms with E-state index in [-0.39, 0.29) is 22.3 Å². The minimum absolute atomic E-state index is 0.175. The summed E-state index contributed by atoms with van der Waals surface area (Å²) in [5.74, 6) is -0.0210. The molecule has 1 aliphatic heterocycles. The number of aromatic amines is 1. The second-order valence-corrected chi connectivity index (χ2v) is 7.46. The third-order valence-corrected chi connectivity index (χ3v) is 5.72. The number of rotatable bonds is 4. The summed E-state index contributed by atoms with van der Waals surface area (Å²) in [4.78, 5) is 27.1. The van der Waals surface area contributed by atoms with Gasteiger partial charge in [-0.25, -0.2) is 0 Å². The molecular formula is C20H18N2O2S. The molecule has 0 radical (unpaired) electrons. The molecule has 4 rings (SSSR count). The monoisotopic (exact) mass is 350 g/mol. The van der Waals surface area contributed by atoms with Crippen molar-refractivity contribution < 1.29 is 9.59 Å². The van der Waals surface area contributed by atoms with Gasteiger partial charge in [0.2, 0.25) is 5.91 Å². The molecule has 5 heteroatoms. The van der Waals surface area contributed by atoms with E-state index in [2.05, 4.69) is 35.4 Å². The van der Waals surface area contributed by atoms with Crippen molar-refractivity contribution in [2.24, 2.45) is 0 Å². The van der Waals surface area contributed by atoms with E-state index in [1.165, 1.54) is 5.56 Å². The number of amides is 2. The van der Waals surface area contributed by atoms with Crippen LogP contribution in [0, 0.1) is 0 Å². The summed E-state index contributed by atoms with van der Waals surface area (Å²) < 4.78 is 0. The van der Waals surface area contributed by atoms with E-state index in [4.69, 9.17) is 0 Å². The number of fused-ring (bicyclic) bond motifs is 1. The Hall–Kier alpha value is -2.53. The number of nitrogens with one attached hydrogen (secondary N) is 2. The van der Waals surface area contributed by atoms with Crippen LogP contribution in [0.15, 0.2) is 54.6 Å². The van der Waals surface area contributed by atoms with Crippen LogP contribution in [0.2, 0.25) is 0 Å². The van der Waals surface area contributed by atoms with Gasteiger partial charge in [-0.1, -0.05) is 67.2 Å². The summed E-state index contributed by atoms with van der Waals surface area (Å²) in [6.45, 7) is 2.16. The van der Waals surface area contributed by atoms with E-state index < -0.39 is 0 Å². The zero-order valence-corrected chi connectivity index (χ0v) is 14.6. The number of hydrogen-bond donors (Lipinski definition) is 2. The number of benzene rings is 2. The summed E-state index contributed by atoms with van der Waals surface area (Å²) in [5.41, 5.74) is 4.51. The normalized spacial score (nSPS) is 18.5. The number of thioether (sulfide) groups is 1. The highest BCUT2D eigenvalue weighted by atomic mass is 32.2. The van der Waals surface area contributed by atoms with Crippen LogP contribution < -0.4 is 5.32 Å². The van der Waals surface area contributed by atoms with Crippen LogP contribution in [-0.2, 0) is 11.2 Å². The van der Waals surface area contributed by atoms with Crippen LogP contribution in [0.25, 0.3) is 10.9 Å². The van der Waals surface area contributed by atoms with Gasteiger partial charge >= 0.3 is 0 Å². The lowest BCUT2D eigenvalue weighted by Gasteiger charge is -2.15. The quantitative estimate of drug-likeness (QED) is 0.741. The summed E-state index contributed by atoms with van der Waals surface area (Å²) in [5, 5.41) is 2.88. The first-order valence-corrected chi connectivity index (χ1v) is 9.17. The highest BCUT2D eigenvalue weighted by Crippen LogP contribution is 2.34. The maximum absolute atomic E-state index is 12.0. The molecule has 3 aromatic rings. The van der Waals surface area contributed by atoms with Gasteiger partial charge in [0.25, 0.3) is 5.24 Å². The number of hydrogen-bond acceptors (Lipinski definition) is 3. The Balaban J connectivity index is 1.78. The Morgan fingerprint density at radius 2 is 1.76 bits per heavy atom. The first-order chi connectivity index (χ1) is 12.1. The average Bonchev–Trinajstić information content (AvgIpc) is 3.15. The van der Waals surface area contributed by atoms with Crippen molar-refractivity contribution in [3.63, 3.8) is 0 Å². The lowest BCUT2D eigenvalue weighted by Crippen LogP contribution is -2.25. The fraction of sp³-hybridized carbons (Fsp3) is 0.200. The average molecular weight is 350 g/mol. The van der Waals surface area contributed by atoms with Gasteiger partial charge < -0.3 is 4.98 Å². The fourth-order valence-corrected chi connectivity index (χ4v) is 4.27. The van der Waals surface area contributed by atoms with Crippen molar-refractivity contribution >= 4 is 33.8 Å². The third-order valence-electron chi connectivity index (χ3n) is 4.74. The second kappa shape index (κ2) is 6.41.